The molecule has 1 saturated carbocycles. The first-order chi connectivity index (χ1) is 14.4. The number of amides is 3. The van der Waals surface area contributed by atoms with Gasteiger partial charge in [0, 0.05) is 31.2 Å². The lowest BCUT2D eigenvalue weighted by Crippen LogP contribution is -2.36. The smallest absolute Gasteiger partial charge is 0.335 e. The summed E-state index contributed by atoms with van der Waals surface area (Å²) in [4.78, 5) is 62.4. The van der Waals surface area contributed by atoms with Gasteiger partial charge in [0.15, 0.2) is 0 Å². The van der Waals surface area contributed by atoms with Gasteiger partial charge in [-0.15, -0.1) is 5.06 Å². The molecule has 10 nitrogen and oxygen atoms in total. The number of carbonyl (C=O) groups excluding carboxylic acids is 5. The quantitative estimate of drug-likeness (QED) is 0.353. The third-order valence-corrected chi connectivity index (χ3v) is 5.24. The number of ether oxygens (including phenoxy) is 2. The molecule has 0 unspecified atom stereocenters. The minimum Gasteiger partial charge on any atom is -0.378 e. The predicted octanol–water partition coefficient (Wildman–Crippen LogP) is 0.529. The molecule has 30 heavy (non-hydrogen) atoms. The van der Waals surface area contributed by atoms with Crippen LogP contribution in [0.3, 0.4) is 0 Å². The molecule has 2 rings (SSSR count). The third kappa shape index (κ3) is 7.83. The van der Waals surface area contributed by atoms with Crippen molar-refractivity contribution >= 4 is 29.5 Å². The van der Waals surface area contributed by atoms with E-state index in [1.807, 2.05) is 0 Å². The number of hydrogen-bond acceptors (Lipinski definition) is 8. The summed E-state index contributed by atoms with van der Waals surface area (Å²) in [5.41, 5.74) is 0. The van der Waals surface area contributed by atoms with Gasteiger partial charge in [-0.05, 0) is 32.6 Å². The first kappa shape index (κ1) is 23.9. The summed E-state index contributed by atoms with van der Waals surface area (Å²) in [5.74, 6) is -1.46. The van der Waals surface area contributed by atoms with Crippen LogP contribution in [-0.2, 0) is 38.3 Å². The molecule has 168 valence electrons. The average molecular weight is 426 g/mol. The Labute approximate surface area is 175 Å². The largest absolute Gasteiger partial charge is 0.378 e. The lowest BCUT2D eigenvalue weighted by Gasteiger charge is -2.26. The number of nitrogens with one attached hydrogen (secondary N) is 1. The molecule has 0 radical (unpaired) electrons. The van der Waals surface area contributed by atoms with Crippen LogP contribution < -0.4 is 5.32 Å². The fraction of sp³-hybridized carbons (Fsp3) is 0.750. The number of nitrogens with zero attached hydrogens (tertiary/aromatic N) is 1. The number of imide groups is 1. The molecule has 2 aliphatic rings. The van der Waals surface area contributed by atoms with Crippen LogP contribution in [0, 0.1) is 11.8 Å². The van der Waals surface area contributed by atoms with Gasteiger partial charge in [0.2, 0.25) is 5.91 Å². The lowest BCUT2D eigenvalue weighted by molar-refractivity contribution is -0.198. The van der Waals surface area contributed by atoms with Crippen molar-refractivity contribution in [3.8, 4) is 0 Å². The van der Waals surface area contributed by atoms with E-state index in [2.05, 4.69) is 5.32 Å². The molecule has 1 aliphatic heterocycles. The van der Waals surface area contributed by atoms with E-state index in [1.165, 1.54) is 0 Å². The Hall–Kier alpha value is -2.33. The number of hydroxylamine groups is 2. The Morgan fingerprint density at radius 2 is 1.47 bits per heavy atom. The van der Waals surface area contributed by atoms with E-state index >= 15 is 0 Å². The Kier molecular flexibility index (Phi) is 9.88. The van der Waals surface area contributed by atoms with Crippen molar-refractivity contribution in [1.82, 2.24) is 10.4 Å². The zero-order chi connectivity index (χ0) is 21.9. The third-order valence-electron chi connectivity index (χ3n) is 5.24. The fourth-order valence-corrected chi connectivity index (χ4v) is 3.44. The molecule has 0 spiro atoms. The van der Waals surface area contributed by atoms with Gasteiger partial charge in [0.05, 0.1) is 32.8 Å². The predicted molar refractivity (Wildman–Crippen MR) is 103 cm³/mol. The summed E-state index contributed by atoms with van der Waals surface area (Å²) < 4.78 is 10.6. The van der Waals surface area contributed by atoms with Crippen LogP contribution in [0.4, 0.5) is 0 Å². The second kappa shape index (κ2) is 12.4. The molecule has 10 heteroatoms. The monoisotopic (exact) mass is 426 g/mol. The van der Waals surface area contributed by atoms with Crippen molar-refractivity contribution in [1.29, 1.82) is 0 Å². The molecule has 0 aromatic heterocycles. The Morgan fingerprint density at radius 1 is 0.900 bits per heavy atom. The zero-order valence-corrected chi connectivity index (χ0v) is 17.4. The minimum absolute atomic E-state index is 0.00494. The van der Waals surface area contributed by atoms with Gasteiger partial charge in [-0.25, -0.2) is 4.79 Å². The summed E-state index contributed by atoms with van der Waals surface area (Å²) in [5, 5.41) is 3.35. The molecule has 2 fully saturated rings. The second-order valence-corrected chi connectivity index (χ2v) is 7.47. The maximum absolute atomic E-state index is 12.1. The molecular formula is C20H30N2O8. The second-order valence-electron chi connectivity index (χ2n) is 7.47. The van der Waals surface area contributed by atoms with Crippen molar-refractivity contribution < 1.29 is 38.3 Å². The van der Waals surface area contributed by atoms with Crippen molar-refractivity contribution in [2.45, 2.75) is 51.9 Å². The molecule has 0 aromatic carbocycles. The van der Waals surface area contributed by atoms with Crippen molar-refractivity contribution in [2.24, 2.45) is 11.8 Å². The Balaban J connectivity index is 1.42. The van der Waals surface area contributed by atoms with Crippen LogP contribution in [0.5, 0.6) is 0 Å². The molecule has 0 atom stereocenters. The van der Waals surface area contributed by atoms with Crippen molar-refractivity contribution in [3.05, 3.63) is 0 Å². The van der Waals surface area contributed by atoms with E-state index in [9.17, 15) is 24.0 Å². The van der Waals surface area contributed by atoms with E-state index < -0.39 is 17.8 Å². The van der Waals surface area contributed by atoms with E-state index in [4.69, 9.17) is 14.3 Å². The number of Topliss-reactive ketones (excluding diaryl/α,β-unsaturated/α-hetero) is 1. The van der Waals surface area contributed by atoms with E-state index in [-0.39, 0.29) is 56.0 Å². The van der Waals surface area contributed by atoms with Gasteiger partial charge in [-0.1, -0.05) is 0 Å². The van der Waals surface area contributed by atoms with Gasteiger partial charge in [-0.3, -0.25) is 19.2 Å². The maximum atomic E-state index is 12.1. The van der Waals surface area contributed by atoms with E-state index in [1.54, 1.807) is 6.92 Å². The summed E-state index contributed by atoms with van der Waals surface area (Å²) in [6.45, 7) is 3.00. The average Bonchev–Trinajstić information content (AvgIpc) is 3.04. The standard InChI is InChI=1S/C20H30N2O8/c1-14(23)15-2-4-16(5-3-15)20(27)21-9-11-29-13-12-28-10-8-19(26)30-22-17(24)6-7-18(22)25/h15-16H,2-13H2,1H3,(H,21,27). The van der Waals surface area contributed by atoms with Gasteiger partial charge < -0.3 is 19.6 Å². The zero-order valence-electron chi connectivity index (χ0n) is 17.4. The van der Waals surface area contributed by atoms with Crippen LogP contribution in [0.2, 0.25) is 0 Å². The van der Waals surface area contributed by atoms with Crippen molar-refractivity contribution in [3.63, 3.8) is 0 Å². The molecule has 0 aromatic rings. The van der Waals surface area contributed by atoms with Crippen LogP contribution in [0.1, 0.15) is 51.9 Å². The van der Waals surface area contributed by atoms with E-state index in [0.717, 1.165) is 25.7 Å². The number of hydrogen-bond donors (Lipinski definition) is 1. The maximum Gasteiger partial charge on any atom is 0.335 e. The summed E-state index contributed by atoms with van der Waals surface area (Å²) in [7, 11) is 0. The van der Waals surface area contributed by atoms with Crippen LogP contribution in [0.25, 0.3) is 0 Å². The molecule has 1 N–H and O–H groups in total. The van der Waals surface area contributed by atoms with Gasteiger partial charge >= 0.3 is 5.97 Å². The molecule has 0 bridgehead atoms. The van der Waals surface area contributed by atoms with Crippen molar-refractivity contribution in [2.75, 3.05) is 33.0 Å². The Bertz CT molecular complexity index is 627. The van der Waals surface area contributed by atoms with Gasteiger partial charge in [0.1, 0.15) is 5.78 Å². The van der Waals surface area contributed by atoms with Crippen LogP contribution in [0.15, 0.2) is 0 Å². The molecule has 1 heterocycles. The SMILES string of the molecule is CC(=O)C1CCC(C(=O)NCCOCCOCCC(=O)ON2C(=O)CCC2=O)CC1. The molecule has 1 saturated heterocycles. The molecule has 1 aliphatic carbocycles. The molecule has 3 amide bonds. The fourth-order valence-electron chi connectivity index (χ4n) is 3.44. The summed E-state index contributed by atoms with van der Waals surface area (Å²) in [6, 6.07) is 0. The highest BCUT2D eigenvalue weighted by molar-refractivity contribution is 6.01. The van der Waals surface area contributed by atoms with Gasteiger partial charge in [0.25, 0.3) is 11.8 Å². The Morgan fingerprint density at radius 3 is 2.07 bits per heavy atom. The minimum atomic E-state index is -0.709. The number of carbonyl (C=O) groups is 5. The van der Waals surface area contributed by atoms with Crippen LogP contribution >= 0.6 is 0 Å². The first-order valence-corrected chi connectivity index (χ1v) is 10.4. The summed E-state index contributed by atoms with van der Waals surface area (Å²) in [6.07, 6.45) is 3.07. The number of rotatable bonds is 12. The highest BCUT2D eigenvalue weighted by atomic mass is 16.7. The van der Waals surface area contributed by atoms with E-state index in [0.29, 0.717) is 24.8 Å². The summed E-state index contributed by atoms with van der Waals surface area (Å²) >= 11 is 0. The topological polar surface area (TPSA) is 128 Å². The van der Waals surface area contributed by atoms with Crippen LogP contribution in [-0.4, -0.2) is 67.5 Å². The molecular weight excluding hydrogens is 396 g/mol. The number of ketones is 1. The highest BCUT2D eigenvalue weighted by Gasteiger charge is 2.32. The lowest BCUT2D eigenvalue weighted by atomic mass is 9.80. The normalized spacial score (nSPS) is 21.6. The highest BCUT2D eigenvalue weighted by Crippen LogP contribution is 2.29. The van der Waals surface area contributed by atoms with Gasteiger partial charge in [-0.2, -0.15) is 0 Å². The first-order valence-electron chi connectivity index (χ1n) is 10.4.